The van der Waals surface area contributed by atoms with Crippen molar-refractivity contribution < 1.29 is 4.79 Å². The van der Waals surface area contributed by atoms with E-state index in [-0.39, 0.29) is 18.3 Å². The van der Waals surface area contributed by atoms with E-state index in [1.165, 1.54) is 0 Å². The summed E-state index contributed by atoms with van der Waals surface area (Å²) >= 11 is 12.1. The Hall–Kier alpha value is -1.27. The van der Waals surface area contributed by atoms with E-state index in [1.54, 1.807) is 16.9 Å². The number of nitrogens with zero attached hydrogens (tertiary/aromatic N) is 2. The molecular weight excluding hydrogens is 383 g/mol. The zero-order chi connectivity index (χ0) is 17.0. The van der Waals surface area contributed by atoms with Crippen molar-refractivity contribution >= 4 is 41.5 Å². The molecular formula is C17H21Cl3N4O. The minimum absolute atomic E-state index is 0. The average molecular weight is 404 g/mol. The normalized spacial score (nSPS) is 16.1. The lowest BCUT2D eigenvalue weighted by Crippen LogP contribution is -2.54. The third kappa shape index (κ3) is 4.47. The summed E-state index contributed by atoms with van der Waals surface area (Å²) < 4.78 is 1.79. The summed E-state index contributed by atoms with van der Waals surface area (Å²) in [5.41, 5.74) is 0.359. The number of aromatic nitrogens is 2. The van der Waals surface area contributed by atoms with Gasteiger partial charge < -0.3 is 10.6 Å². The van der Waals surface area contributed by atoms with Gasteiger partial charge in [-0.15, -0.1) is 12.4 Å². The van der Waals surface area contributed by atoms with Gasteiger partial charge >= 0.3 is 0 Å². The van der Waals surface area contributed by atoms with Crippen LogP contribution >= 0.6 is 35.6 Å². The molecule has 5 nitrogen and oxygen atoms in total. The maximum atomic E-state index is 12.9. The van der Waals surface area contributed by atoms with Crippen LogP contribution in [0.4, 0.5) is 0 Å². The van der Waals surface area contributed by atoms with Crippen molar-refractivity contribution in [3.05, 3.63) is 52.3 Å². The molecule has 2 aromatic rings. The van der Waals surface area contributed by atoms with Crippen LogP contribution in [0, 0.1) is 0 Å². The zero-order valence-corrected chi connectivity index (χ0v) is 16.0. The lowest BCUT2D eigenvalue weighted by atomic mass is 9.87. The number of rotatable bonds is 5. The van der Waals surface area contributed by atoms with E-state index in [9.17, 15) is 4.79 Å². The van der Waals surface area contributed by atoms with Gasteiger partial charge in [-0.1, -0.05) is 29.3 Å². The van der Waals surface area contributed by atoms with Gasteiger partial charge in [0.25, 0.3) is 0 Å². The van der Waals surface area contributed by atoms with Crippen molar-refractivity contribution in [3.63, 3.8) is 0 Å². The second kappa shape index (κ2) is 8.90. The number of benzene rings is 1. The van der Waals surface area contributed by atoms with Crippen LogP contribution in [0.2, 0.25) is 10.0 Å². The van der Waals surface area contributed by atoms with Crippen molar-refractivity contribution in [1.29, 1.82) is 0 Å². The standard InChI is InChI=1S/C17H20Cl2N4O.ClH/c18-14-3-2-13(15(19)12-14)4-8-21-16(24)17(5-9-20-10-6-17)23-11-1-7-22-23;/h1-3,7,11-12,20H,4-6,8-10H2,(H,21,24);1H. The van der Waals surface area contributed by atoms with Crippen LogP contribution in [0.5, 0.6) is 0 Å². The molecule has 0 unspecified atom stereocenters. The van der Waals surface area contributed by atoms with Crippen molar-refractivity contribution in [2.45, 2.75) is 24.8 Å². The molecule has 1 aliphatic heterocycles. The maximum Gasteiger partial charge on any atom is 0.248 e. The van der Waals surface area contributed by atoms with Gasteiger partial charge in [-0.05, 0) is 56.1 Å². The number of amides is 1. The van der Waals surface area contributed by atoms with Crippen molar-refractivity contribution in [1.82, 2.24) is 20.4 Å². The highest BCUT2D eigenvalue weighted by Crippen LogP contribution is 2.27. The van der Waals surface area contributed by atoms with Gasteiger partial charge in [0.2, 0.25) is 5.91 Å². The predicted octanol–water partition coefficient (Wildman–Crippen LogP) is 3.05. The van der Waals surface area contributed by atoms with Crippen LogP contribution in [0.1, 0.15) is 18.4 Å². The molecule has 8 heteroatoms. The Morgan fingerprint density at radius 1 is 1.32 bits per heavy atom. The molecule has 1 amide bonds. The minimum Gasteiger partial charge on any atom is -0.354 e. The first-order valence-corrected chi connectivity index (χ1v) is 8.80. The summed E-state index contributed by atoms with van der Waals surface area (Å²) in [6, 6.07) is 7.27. The quantitative estimate of drug-likeness (QED) is 0.807. The summed E-state index contributed by atoms with van der Waals surface area (Å²) in [6.07, 6.45) is 5.69. The smallest absolute Gasteiger partial charge is 0.248 e. The lowest BCUT2D eigenvalue weighted by Gasteiger charge is -2.36. The Labute approximate surface area is 163 Å². The van der Waals surface area contributed by atoms with Gasteiger partial charge in [0.1, 0.15) is 5.54 Å². The second-order valence-corrected chi connectivity index (χ2v) is 6.82. The molecule has 1 aromatic heterocycles. The van der Waals surface area contributed by atoms with Gasteiger partial charge in [-0.2, -0.15) is 5.10 Å². The molecule has 1 aromatic carbocycles. The molecule has 3 rings (SSSR count). The van der Waals surface area contributed by atoms with Crippen molar-refractivity contribution in [2.24, 2.45) is 0 Å². The molecule has 0 radical (unpaired) electrons. The van der Waals surface area contributed by atoms with E-state index in [0.717, 1.165) is 31.5 Å². The van der Waals surface area contributed by atoms with Crippen LogP contribution in [0.15, 0.2) is 36.7 Å². The third-order valence-electron chi connectivity index (χ3n) is 4.49. The topological polar surface area (TPSA) is 59.0 Å². The Bertz CT molecular complexity index is 700. The molecule has 0 bridgehead atoms. The number of halogens is 3. The largest absolute Gasteiger partial charge is 0.354 e. The Kier molecular flexibility index (Phi) is 7.14. The molecule has 0 spiro atoms. The van der Waals surface area contributed by atoms with Gasteiger partial charge in [-0.3, -0.25) is 9.48 Å². The number of hydrogen-bond donors (Lipinski definition) is 2. The van der Waals surface area contributed by atoms with E-state index in [4.69, 9.17) is 23.2 Å². The van der Waals surface area contributed by atoms with E-state index in [2.05, 4.69) is 15.7 Å². The summed E-state index contributed by atoms with van der Waals surface area (Å²) in [5, 5.41) is 11.9. The fourth-order valence-electron chi connectivity index (χ4n) is 3.12. The molecule has 136 valence electrons. The number of nitrogens with one attached hydrogen (secondary N) is 2. The molecule has 0 atom stereocenters. The molecule has 1 aliphatic rings. The zero-order valence-electron chi connectivity index (χ0n) is 13.7. The molecule has 1 fully saturated rings. The minimum atomic E-state index is -0.613. The van der Waals surface area contributed by atoms with Crippen LogP contribution in [-0.2, 0) is 16.8 Å². The Balaban J connectivity index is 0.00000225. The van der Waals surface area contributed by atoms with Gasteiger partial charge in [0.15, 0.2) is 0 Å². The maximum absolute atomic E-state index is 12.9. The van der Waals surface area contributed by atoms with E-state index < -0.39 is 5.54 Å². The van der Waals surface area contributed by atoms with Crippen LogP contribution in [-0.4, -0.2) is 35.3 Å². The molecule has 1 saturated heterocycles. The predicted molar refractivity (Wildman–Crippen MR) is 103 cm³/mol. The molecule has 0 aliphatic carbocycles. The first-order valence-electron chi connectivity index (χ1n) is 8.05. The Morgan fingerprint density at radius 2 is 2.08 bits per heavy atom. The molecule has 0 saturated carbocycles. The summed E-state index contributed by atoms with van der Waals surface area (Å²) in [4.78, 5) is 12.9. The number of carbonyl (C=O) groups is 1. The fourth-order valence-corrected chi connectivity index (χ4v) is 3.63. The summed E-state index contributed by atoms with van der Waals surface area (Å²) in [7, 11) is 0. The summed E-state index contributed by atoms with van der Waals surface area (Å²) in [5.74, 6) is 0.0118. The third-order valence-corrected chi connectivity index (χ3v) is 5.08. The first-order chi connectivity index (χ1) is 11.6. The number of hydrogen-bond acceptors (Lipinski definition) is 3. The lowest BCUT2D eigenvalue weighted by molar-refractivity contribution is -0.131. The van der Waals surface area contributed by atoms with E-state index >= 15 is 0 Å². The Morgan fingerprint density at radius 3 is 2.72 bits per heavy atom. The van der Waals surface area contributed by atoms with Crippen molar-refractivity contribution in [3.8, 4) is 0 Å². The van der Waals surface area contributed by atoms with E-state index in [0.29, 0.717) is 23.0 Å². The first kappa shape index (κ1) is 20.0. The monoisotopic (exact) mass is 402 g/mol. The van der Waals surface area contributed by atoms with Crippen LogP contribution in [0.3, 0.4) is 0 Å². The highest BCUT2D eigenvalue weighted by atomic mass is 35.5. The molecule has 2 N–H and O–H groups in total. The van der Waals surface area contributed by atoms with Gasteiger partial charge in [0, 0.05) is 29.0 Å². The summed E-state index contributed by atoms with van der Waals surface area (Å²) in [6.45, 7) is 2.13. The highest BCUT2D eigenvalue weighted by Gasteiger charge is 2.41. The molecule has 25 heavy (non-hydrogen) atoms. The van der Waals surface area contributed by atoms with E-state index in [1.807, 2.05) is 24.4 Å². The van der Waals surface area contributed by atoms with Crippen molar-refractivity contribution in [2.75, 3.05) is 19.6 Å². The average Bonchev–Trinajstić information content (AvgIpc) is 3.12. The number of carbonyl (C=O) groups excluding carboxylic acids is 1. The van der Waals surface area contributed by atoms with Crippen LogP contribution in [0.25, 0.3) is 0 Å². The second-order valence-electron chi connectivity index (χ2n) is 5.97. The fraction of sp³-hybridized carbons (Fsp3) is 0.412. The van der Waals surface area contributed by atoms with Gasteiger partial charge in [-0.25, -0.2) is 0 Å². The highest BCUT2D eigenvalue weighted by molar-refractivity contribution is 6.35. The van der Waals surface area contributed by atoms with Crippen LogP contribution < -0.4 is 10.6 Å². The van der Waals surface area contributed by atoms with Gasteiger partial charge in [0.05, 0.1) is 0 Å². The number of piperidine rings is 1. The molecule has 2 heterocycles. The SMILES string of the molecule is Cl.O=C(NCCc1ccc(Cl)cc1Cl)C1(n2cccn2)CCNCC1.